The van der Waals surface area contributed by atoms with Gasteiger partial charge in [-0.1, -0.05) is 81.8 Å². The molecule has 0 radical (unpaired) electrons. The van der Waals surface area contributed by atoms with Crippen molar-refractivity contribution in [2.24, 2.45) is 5.41 Å². The molecular weight excluding hydrogens is 556 g/mol. The Labute approximate surface area is 263 Å². The van der Waals surface area contributed by atoms with Crippen molar-refractivity contribution in [1.29, 1.82) is 0 Å². The van der Waals surface area contributed by atoms with Crippen LogP contribution in [-0.4, -0.2) is 43.0 Å². The van der Waals surface area contributed by atoms with E-state index in [2.05, 4.69) is 19.1 Å². The van der Waals surface area contributed by atoms with Gasteiger partial charge in [-0.3, -0.25) is 0 Å². The minimum absolute atomic E-state index is 0.350. The summed E-state index contributed by atoms with van der Waals surface area (Å²) in [6.45, 7) is 10.0. The molecule has 2 aliphatic rings. The minimum atomic E-state index is -1.20. The van der Waals surface area contributed by atoms with Gasteiger partial charge in [-0.15, -0.1) is 0 Å². The van der Waals surface area contributed by atoms with Gasteiger partial charge in [0.15, 0.2) is 18.5 Å². The molecule has 0 spiro atoms. The van der Waals surface area contributed by atoms with Crippen molar-refractivity contribution in [3.8, 4) is 16.9 Å². The topological polar surface area (TPSA) is 80.3 Å². The number of esters is 2. The zero-order valence-corrected chi connectivity index (χ0v) is 27.3. The Morgan fingerprint density at radius 3 is 1.80 bits per heavy atom. The van der Waals surface area contributed by atoms with Crippen LogP contribution in [-0.2, 0) is 28.5 Å². The standard InChI is InChI=1S/C37H52O7/c1-6-7-9-21-37(22-10-8-11-23-37)24-12-25-40-31-19-17-29(18-20-31)28-13-15-30(16-14-28)36-43-32(34(38)41-26(2)3)33(44-36)35(39)42-27(4)5/h13-20,26-27,32-33,36H,6-12,21-25H2,1-5H3. The van der Waals surface area contributed by atoms with Gasteiger partial charge < -0.3 is 23.7 Å². The molecule has 1 aliphatic heterocycles. The smallest absolute Gasteiger partial charge is 0.339 e. The third kappa shape index (κ3) is 9.55. The maximum atomic E-state index is 12.7. The van der Waals surface area contributed by atoms with Crippen LogP contribution >= 0.6 is 0 Å². The van der Waals surface area contributed by atoms with Crippen LogP contribution in [0.1, 0.15) is 117 Å². The second-order valence-electron chi connectivity index (χ2n) is 13.0. The van der Waals surface area contributed by atoms with Gasteiger partial charge >= 0.3 is 11.9 Å². The van der Waals surface area contributed by atoms with Crippen molar-refractivity contribution in [2.75, 3.05) is 6.61 Å². The third-order valence-corrected chi connectivity index (χ3v) is 8.70. The predicted molar refractivity (Wildman–Crippen MR) is 171 cm³/mol. The lowest BCUT2D eigenvalue weighted by molar-refractivity contribution is -0.167. The van der Waals surface area contributed by atoms with Gasteiger partial charge in [0, 0.05) is 5.56 Å². The molecule has 1 saturated carbocycles. The predicted octanol–water partition coefficient (Wildman–Crippen LogP) is 8.73. The molecule has 7 heteroatoms. The fourth-order valence-corrected chi connectivity index (χ4v) is 6.45. The first kappa shape index (κ1) is 34.0. The van der Waals surface area contributed by atoms with E-state index >= 15 is 0 Å². The zero-order chi connectivity index (χ0) is 31.5. The van der Waals surface area contributed by atoms with E-state index in [1.54, 1.807) is 27.7 Å². The molecule has 2 unspecified atom stereocenters. The van der Waals surface area contributed by atoms with Gasteiger partial charge in [0.05, 0.1) is 18.8 Å². The average molecular weight is 609 g/mol. The van der Waals surface area contributed by atoms with E-state index in [-0.39, 0.29) is 12.2 Å². The van der Waals surface area contributed by atoms with E-state index in [0.29, 0.717) is 11.0 Å². The van der Waals surface area contributed by atoms with Crippen molar-refractivity contribution >= 4 is 11.9 Å². The molecule has 4 rings (SSSR count). The molecule has 0 bridgehead atoms. The highest BCUT2D eigenvalue weighted by Crippen LogP contribution is 2.44. The molecule has 0 amide bonds. The fourth-order valence-electron chi connectivity index (χ4n) is 6.45. The number of carbonyl (C=O) groups excluding carboxylic acids is 2. The summed E-state index contributed by atoms with van der Waals surface area (Å²) in [7, 11) is 0. The monoisotopic (exact) mass is 608 g/mol. The van der Waals surface area contributed by atoms with E-state index in [4.69, 9.17) is 23.7 Å². The minimum Gasteiger partial charge on any atom is -0.494 e. The molecule has 2 fully saturated rings. The Hall–Kier alpha value is -2.90. The summed E-state index contributed by atoms with van der Waals surface area (Å²) in [6, 6.07) is 15.9. The number of benzene rings is 2. The van der Waals surface area contributed by atoms with Gasteiger partial charge in [0.2, 0.25) is 0 Å². The second-order valence-corrected chi connectivity index (χ2v) is 13.0. The Morgan fingerprint density at radius 2 is 1.27 bits per heavy atom. The normalized spacial score (nSPS) is 21.4. The molecule has 1 heterocycles. The van der Waals surface area contributed by atoms with Crippen molar-refractivity contribution in [1.82, 2.24) is 0 Å². The van der Waals surface area contributed by atoms with E-state index in [0.717, 1.165) is 29.9 Å². The molecule has 44 heavy (non-hydrogen) atoms. The molecule has 0 aromatic heterocycles. The fraction of sp³-hybridized carbons (Fsp3) is 0.622. The first-order valence-electron chi connectivity index (χ1n) is 16.7. The van der Waals surface area contributed by atoms with Crippen LogP contribution in [0.3, 0.4) is 0 Å². The zero-order valence-electron chi connectivity index (χ0n) is 27.3. The highest BCUT2D eigenvalue weighted by molar-refractivity contribution is 5.86. The summed E-state index contributed by atoms with van der Waals surface area (Å²) in [6.07, 6.45) is 10.7. The van der Waals surface area contributed by atoms with Crippen molar-refractivity contribution in [3.63, 3.8) is 0 Å². The molecule has 2 aromatic carbocycles. The number of unbranched alkanes of at least 4 members (excludes halogenated alkanes) is 2. The summed E-state index contributed by atoms with van der Waals surface area (Å²) in [5.74, 6) is -0.402. The van der Waals surface area contributed by atoms with E-state index < -0.39 is 30.4 Å². The summed E-state index contributed by atoms with van der Waals surface area (Å²) < 4.78 is 28.5. The van der Waals surface area contributed by atoms with E-state index in [1.165, 1.54) is 64.2 Å². The summed E-state index contributed by atoms with van der Waals surface area (Å²) >= 11 is 0. The first-order chi connectivity index (χ1) is 21.2. The van der Waals surface area contributed by atoms with Crippen LogP contribution in [0.15, 0.2) is 48.5 Å². The maximum absolute atomic E-state index is 12.7. The second kappa shape index (κ2) is 16.4. The number of hydrogen-bond acceptors (Lipinski definition) is 7. The molecule has 0 N–H and O–H groups in total. The molecule has 1 aliphatic carbocycles. The van der Waals surface area contributed by atoms with Gasteiger partial charge in [-0.2, -0.15) is 0 Å². The van der Waals surface area contributed by atoms with Crippen LogP contribution in [0.25, 0.3) is 11.1 Å². The molecule has 2 atom stereocenters. The number of rotatable bonds is 15. The quantitative estimate of drug-likeness (QED) is 0.148. The Balaban J connectivity index is 1.31. The molecule has 1 saturated heterocycles. The lowest BCUT2D eigenvalue weighted by Crippen LogP contribution is -2.40. The van der Waals surface area contributed by atoms with Crippen LogP contribution in [0.4, 0.5) is 0 Å². The lowest BCUT2D eigenvalue weighted by atomic mass is 9.68. The van der Waals surface area contributed by atoms with Crippen LogP contribution in [0, 0.1) is 5.41 Å². The van der Waals surface area contributed by atoms with Gasteiger partial charge in [-0.25, -0.2) is 9.59 Å². The van der Waals surface area contributed by atoms with Crippen LogP contribution in [0.5, 0.6) is 5.75 Å². The molecule has 2 aromatic rings. The van der Waals surface area contributed by atoms with Gasteiger partial charge in [0.25, 0.3) is 0 Å². The molecular formula is C37H52O7. The Kier molecular flexibility index (Phi) is 12.7. The molecule has 7 nitrogen and oxygen atoms in total. The summed E-state index contributed by atoms with van der Waals surface area (Å²) in [4.78, 5) is 25.3. The van der Waals surface area contributed by atoms with Crippen LogP contribution in [0.2, 0.25) is 0 Å². The van der Waals surface area contributed by atoms with Crippen molar-refractivity contribution in [3.05, 3.63) is 54.1 Å². The van der Waals surface area contributed by atoms with Gasteiger partial charge in [-0.05, 0) is 88.5 Å². The average Bonchev–Trinajstić information content (AvgIpc) is 3.46. The SMILES string of the molecule is CCCCCC1(CCCOc2ccc(-c3ccc(C4OC(C(=O)OC(C)C)C(C(=O)OC(C)C)O4)cc3)cc2)CCCCC1. The number of hydrogen-bond donors (Lipinski definition) is 0. The van der Waals surface area contributed by atoms with Crippen molar-refractivity contribution < 1.29 is 33.3 Å². The largest absolute Gasteiger partial charge is 0.494 e. The van der Waals surface area contributed by atoms with Crippen LogP contribution < -0.4 is 4.74 Å². The highest BCUT2D eigenvalue weighted by Gasteiger charge is 2.48. The Bertz CT molecular complexity index is 1140. The number of ether oxygens (including phenoxy) is 5. The Morgan fingerprint density at radius 1 is 0.750 bits per heavy atom. The third-order valence-electron chi connectivity index (χ3n) is 8.70. The first-order valence-corrected chi connectivity index (χ1v) is 16.7. The number of carbonyl (C=O) groups is 2. The van der Waals surface area contributed by atoms with Crippen molar-refractivity contribution in [2.45, 2.75) is 136 Å². The molecule has 242 valence electrons. The maximum Gasteiger partial charge on any atom is 0.339 e. The summed E-state index contributed by atoms with van der Waals surface area (Å²) in [5, 5.41) is 0. The lowest BCUT2D eigenvalue weighted by Gasteiger charge is -2.38. The van der Waals surface area contributed by atoms with E-state index in [1.807, 2.05) is 36.4 Å². The van der Waals surface area contributed by atoms with Gasteiger partial charge in [0.1, 0.15) is 5.75 Å². The van der Waals surface area contributed by atoms with E-state index in [9.17, 15) is 9.59 Å². The highest BCUT2D eigenvalue weighted by atomic mass is 16.8. The summed E-state index contributed by atoms with van der Waals surface area (Å²) in [5.41, 5.74) is 3.32.